The fourth-order valence-electron chi connectivity index (χ4n) is 1.44. The van der Waals surface area contributed by atoms with E-state index in [-0.39, 0.29) is 0 Å². The molecule has 68 valence electrons. The average Bonchev–Trinajstić information content (AvgIpc) is 2.57. The highest BCUT2D eigenvalue weighted by Crippen LogP contribution is 2.06. The van der Waals surface area contributed by atoms with Crippen molar-refractivity contribution in [1.82, 2.24) is 4.98 Å². The molecule has 12 heavy (non-hydrogen) atoms. The van der Waals surface area contributed by atoms with Crippen LogP contribution < -0.4 is 0 Å². The maximum Gasteiger partial charge on any atom is 0.0147 e. The lowest BCUT2D eigenvalue weighted by Gasteiger charge is -1.98. The van der Waals surface area contributed by atoms with Crippen molar-refractivity contribution in [2.45, 2.75) is 45.4 Å². The molecule has 1 heterocycles. The summed E-state index contributed by atoms with van der Waals surface area (Å²) in [5, 5.41) is 0. The Balaban J connectivity index is 1.96. The number of hydrogen-bond donors (Lipinski definition) is 1. The monoisotopic (exact) mass is 165 g/mol. The Morgan fingerprint density at radius 2 is 2.00 bits per heavy atom. The van der Waals surface area contributed by atoms with Crippen LogP contribution in [0.3, 0.4) is 0 Å². The van der Waals surface area contributed by atoms with Crippen molar-refractivity contribution in [2.75, 3.05) is 0 Å². The molecule has 0 bridgehead atoms. The first-order valence-corrected chi connectivity index (χ1v) is 5.05. The zero-order valence-electron chi connectivity index (χ0n) is 7.97. The summed E-state index contributed by atoms with van der Waals surface area (Å²) in [6, 6.07) is 4.24. The molecule has 0 fully saturated rings. The van der Waals surface area contributed by atoms with Crippen molar-refractivity contribution >= 4 is 0 Å². The number of aromatic amines is 1. The summed E-state index contributed by atoms with van der Waals surface area (Å²) in [4.78, 5) is 3.23. The van der Waals surface area contributed by atoms with Gasteiger partial charge in [0.1, 0.15) is 0 Å². The van der Waals surface area contributed by atoms with Gasteiger partial charge in [0.15, 0.2) is 0 Å². The molecule has 0 amide bonds. The molecule has 0 aliphatic carbocycles. The molecule has 1 N–H and O–H groups in total. The van der Waals surface area contributed by atoms with E-state index in [9.17, 15) is 0 Å². The van der Waals surface area contributed by atoms with E-state index in [4.69, 9.17) is 0 Å². The molecule has 1 aromatic heterocycles. The highest BCUT2D eigenvalue weighted by atomic mass is 14.7. The predicted molar refractivity (Wildman–Crippen MR) is 53.3 cm³/mol. The zero-order chi connectivity index (χ0) is 8.65. The molecule has 0 spiro atoms. The van der Waals surface area contributed by atoms with Gasteiger partial charge in [0, 0.05) is 11.9 Å². The van der Waals surface area contributed by atoms with Crippen LogP contribution in [0.4, 0.5) is 0 Å². The summed E-state index contributed by atoms with van der Waals surface area (Å²) in [7, 11) is 0. The number of hydrogen-bond acceptors (Lipinski definition) is 0. The van der Waals surface area contributed by atoms with Gasteiger partial charge in [0.25, 0.3) is 0 Å². The second-order valence-electron chi connectivity index (χ2n) is 3.36. The Kier molecular flexibility index (Phi) is 4.58. The van der Waals surface area contributed by atoms with Gasteiger partial charge in [-0.25, -0.2) is 0 Å². The first-order chi connectivity index (χ1) is 5.93. The second-order valence-corrected chi connectivity index (χ2v) is 3.36. The highest BCUT2D eigenvalue weighted by Gasteiger charge is 1.92. The fourth-order valence-corrected chi connectivity index (χ4v) is 1.44. The normalized spacial score (nSPS) is 10.4. The quantitative estimate of drug-likeness (QED) is 0.621. The van der Waals surface area contributed by atoms with Crippen LogP contribution >= 0.6 is 0 Å². The molecule has 0 aromatic carbocycles. The smallest absolute Gasteiger partial charge is 0.0147 e. The number of rotatable bonds is 6. The third kappa shape index (κ3) is 3.61. The molecule has 1 nitrogen and oxygen atoms in total. The largest absolute Gasteiger partial charge is 0.365 e. The molecule has 1 heteroatoms. The molecule has 0 aliphatic heterocycles. The summed E-state index contributed by atoms with van der Waals surface area (Å²) < 4.78 is 0. The van der Waals surface area contributed by atoms with Crippen LogP contribution in [-0.2, 0) is 6.42 Å². The Morgan fingerprint density at radius 1 is 1.17 bits per heavy atom. The van der Waals surface area contributed by atoms with Crippen molar-refractivity contribution in [3.05, 3.63) is 24.0 Å². The first kappa shape index (κ1) is 9.37. The fraction of sp³-hybridized carbons (Fsp3) is 0.636. The van der Waals surface area contributed by atoms with Crippen LogP contribution in [0.15, 0.2) is 18.3 Å². The summed E-state index contributed by atoms with van der Waals surface area (Å²) in [5.74, 6) is 0. The number of H-pyrrole nitrogens is 1. The lowest BCUT2D eigenvalue weighted by Crippen LogP contribution is -1.85. The second kappa shape index (κ2) is 5.87. The minimum atomic E-state index is 1.22. The number of aryl methyl sites for hydroxylation is 1. The molecule has 0 aliphatic rings. The van der Waals surface area contributed by atoms with Crippen LogP contribution in [0, 0.1) is 0 Å². The van der Waals surface area contributed by atoms with Gasteiger partial charge in [-0.05, 0) is 25.0 Å². The zero-order valence-corrected chi connectivity index (χ0v) is 7.97. The van der Waals surface area contributed by atoms with Crippen molar-refractivity contribution in [3.8, 4) is 0 Å². The van der Waals surface area contributed by atoms with Gasteiger partial charge in [-0.1, -0.05) is 32.6 Å². The minimum absolute atomic E-state index is 1.22. The Morgan fingerprint density at radius 3 is 2.67 bits per heavy atom. The van der Waals surface area contributed by atoms with Gasteiger partial charge >= 0.3 is 0 Å². The summed E-state index contributed by atoms with van der Waals surface area (Å²) >= 11 is 0. The maximum absolute atomic E-state index is 3.23. The third-order valence-electron chi connectivity index (χ3n) is 2.21. The third-order valence-corrected chi connectivity index (χ3v) is 2.21. The Hall–Kier alpha value is -0.720. The maximum atomic E-state index is 3.23. The van der Waals surface area contributed by atoms with Crippen LogP contribution in [0.5, 0.6) is 0 Å². The topological polar surface area (TPSA) is 15.8 Å². The van der Waals surface area contributed by atoms with Crippen LogP contribution in [0.1, 0.15) is 44.7 Å². The van der Waals surface area contributed by atoms with Crippen LogP contribution in [-0.4, -0.2) is 4.98 Å². The number of aromatic nitrogens is 1. The molecule has 0 atom stereocenters. The molecular formula is C11H19N. The van der Waals surface area contributed by atoms with Crippen LogP contribution in [0.2, 0.25) is 0 Å². The molecular weight excluding hydrogens is 146 g/mol. The molecule has 0 saturated heterocycles. The average molecular weight is 165 g/mol. The van der Waals surface area contributed by atoms with E-state index >= 15 is 0 Å². The van der Waals surface area contributed by atoms with Gasteiger partial charge in [-0.15, -0.1) is 0 Å². The Labute approximate surface area is 75.2 Å². The van der Waals surface area contributed by atoms with Gasteiger partial charge in [0.2, 0.25) is 0 Å². The van der Waals surface area contributed by atoms with Gasteiger partial charge < -0.3 is 4.98 Å². The highest BCUT2D eigenvalue weighted by molar-refractivity contribution is 5.03. The van der Waals surface area contributed by atoms with E-state index in [2.05, 4.69) is 24.0 Å². The molecule has 0 unspecified atom stereocenters. The SMILES string of the molecule is CCCCCCCc1ccc[nH]1. The lowest BCUT2D eigenvalue weighted by atomic mass is 10.1. The van der Waals surface area contributed by atoms with Crippen molar-refractivity contribution < 1.29 is 0 Å². The number of unbranched alkanes of at least 4 members (excludes halogenated alkanes) is 4. The van der Waals surface area contributed by atoms with E-state index in [0.29, 0.717) is 0 Å². The Bertz CT molecular complexity index is 177. The summed E-state index contributed by atoms with van der Waals surface area (Å²) in [5.41, 5.74) is 1.38. The summed E-state index contributed by atoms with van der Waals surface area (Å²) in [6.45, 7) is 2.25. The van der Waals surface area contributed by atoms with E-state index in [0.717, 1.165) is 0 Å². The molecule has 0 saturated carbocycles. The van der Waals surface area contributed by atoms with E-state index < -0.39 is 0 Å². The lowest BCUT2D eigenvalue weighted by molar-refractivity contribution is 0.629. The van der Waals surface area contributed by atoms with E-state index in [1.54, 1.807) is 0 Å². The predicted octanol–water partition coefficient (Wildman–Crippen LogP) is 3.53. The molecule has 0 radical (unpaired) electrons. The standard InChI is InChI=1S/C11H19N/c1-2-3-4-5-6-8-11-9-7-10-12-11/h7,9-10,12H,2-6,8H2,1H3. The molecule has 1 rings (SSSR count). The van der Waals surface area contributed by atoms with Gasteiger partial charge in [-0.2, -0.15) is 0 Å². The van der Waals surface area contributed by atoms with Gasteiger partial charge in [-0.3, -0.25) is 0 Å². The van der Waals surface area contributed by atoms with Crippen molar-refractivity contribution in [2.24, 2.45) is 0 Å². The van der Waals surface area contributed by atoms with Crippen molar-refractivity contribution in [3.63, 3.8) is 0 Å². The summed E-state index contributed by atoms with van der Waals surface area (Å²) in [6.07, 6.45) is 10.1. The minimum Gasteiger partial charge on any atom is -0.365 e. The van der Waals surface area contributed by atoms with Gasteiger partial charge in [0.05, 0.1) is 0 Å². The number of nitrogens with one attached hydrogen (secondary N) is 1. The van der Waals surface area contributed by atoms with E-state index in [1.807, 2.05) is 6.20 Å². The van der Waals surface area contributed by atoms with Crippen LogP contribution in [0.25, 0.3) is 0 Å². The molecule has 1 aromatic rings. The first-order valence-electron chi connectivity index (χ1n) is 5.05. The van der Waals surface area contributed by atoms with Crippen molar-refractivity contribution in [1.29, 1.82) is 0 Å². The van der Waals surface area contributed by atoms with E-state index in [1.165, 1.54) is 44.2 Å².